The number of fused-ring (bicyclic) bond motifs is 1. The van der Waals surface area contributed by atoms with Crippen molar-refractivity contribution in [2.75, 3.05) is 5.32 Å². The van der Waals surface area contributed by atoms with Gasteiger partial charge in [0.2, 0.25) is 0 Å². The number of benzene rings is 1. The SMILES string of the molecule is Cc1cccc(NC(=O)c2cn3ccsc3n2)c1C. The van der Waals surface area contributed by atoms with E-state index >= 15 is 0 Å². The van der Waals surface area contributed by atoms with Gasteiger partial charge in [-0.3, -0.25) is 9.20 Å². The molecular formula is C14H13N3OS. The molecule has 0 atom stereocenters. The third kappa shape index (κ3) is 2.13. The maximum atomic E-state index is 12.2. The monoisotopic (exact) mass is 271 g/mol. The normalized spacial score (nSPS) is 10.8. The maximum absolute atomic E-state index is 12.2. The van der Waals surface area contributed by atoms with Gasteiger partial charge in [0, 0.05) is 23.5 Å². The Labute approximate surface area is 114 Å². The van der Waals surface area contributed by atoms with E-state index in [9.17, 15) is 4.79 Å². The first-order valence-corrected chi connectivity index (χ1v) is 6.83. The zero-order valence-electron chi connectivity index (χ0n) is 10.7. The van der Waals surface area contributed by atoms with E-state index in [0.29, 0.717) is 5.69 Å². The number of aromatic nitrogens is 2. The largest absolute Gasteiger partial charge is 0.320 e. The van der Waals surface area contributed by atoms with Crippen molar-refractivity contribution in [3.05, 3.63) is 52.8 Å². The first-order chi connectivity index (χ1) is 9.15. The topological polar surface area (TPSA) is 46.4 Å². The lowest BCUT2D eigenvalue weighted by Crippen LogP contribution is -2.13. The van der Waals surface area contributed by atoms with Crippen LogP contribution in [0.2, 0.25) is 0 Å². The number of aryl methyl sites for hydroxylation is 1. The predicted octanol–water partition coefficient (Wildman–Crippen LogP) is 3.26. The van der Waals surface area contributed by atoms with Gasteiger partial charge in [-0.25, -0.2) is 4.98 Å². The number of imidazole rings is 1. The quantitative estimate of drug-likeness (QED) is 0.777. The van der Waals surface area contributed by atoms with Gasteiger partial charge in [-0.15, -0.1) is 11.3 Å². The molecule has 3 aromatic rings. The lowest BCUT2D eigenvalue weighted by atomic mass is 10.1. The number of rotatable bonds is 2. The fraction of sp³-hybridized carbons (Fsp3) is 0.143. The summed E-state index contributed by atoms with van der Waals surface area (Å²) in [6.07, 6.45) is 3.63. The minimum absolute atomic E-state index is 0.176. The van der Waals surface area contributed by atoms with Gasteiger partial charge in [-0.2, -0.15) is 0 Å². The fourth-order valence-corrected chi connectivity index (χ4v) is 2.61. The fourth-order valence-electron chi connectivity index (χ4n) is 1.91. The average Bonchev–Trinajstić information content (AvgIpc) is 2.95. The van der Waals surface area contributed by atoms with Crippen molar-refractivity contribution in [3.63, 3.8) is 0 Å². The Kier molecular flexibility index (Phi) is 2.83. The van der Waals surface area contributed by atoms with E-state index in [0.717, 1.165) is 21.8 Å². The number of nitrogens with one attached hydrogen (secondary N) is 1. The smallest absolute Gasteiger partial charge is 0.275 e. The van der Waals surface area contributed by atoms with Gasteiger partial charge in [0.25, 0.3) is 5.91 Å². The molecule has 0 aliphatic carbocycles. The van der Waals surface area contributed by atoms with Crippen LogP contribution in [0.3, 0.4) is 0 Å². The Morgan fingerprint density at radius 2 is 2.21 bits per heavy atom. The van der Waals surface area contributed by atoms with Crippen LogP contribution in [0.25, 0.3) is 4.96 Å². The molecule has 2 heterocycles. The van der Waals surface area contributed by atoms with Crippen LogP contribution >= 0.6 is 11.3 Å². The molecule has 96 valence electrons. The summed E-state index contributed by atoms with van der Waals surface area (Å²) >= 11 is 1.51. The molecule has 3 rings (SSSR count). The van der Waals surface area contributed by atoms with E-state index in [-0.39, 0.29) is 5.91 Å². The highest BCUT2D eigenvalue weighted by atomic mass is 32.1. The molecule has 19 heavy (non-hydrogen) atoms. The zero-order chi connectivity index (χ0) is 13.4. The third-order valence-electron chi connectivity index (χ3n) is 3.18. The summed E-state index contributed by atoms with van der Waals surface area (Å²) < 4.78 is 1.85. The second kappa shape index (κ2) is 4.51. The van der Waals surface area contributed by atoms with Gasteiger partial charge < -0.3 is 5.32 Å². The standard InChI is InChI=1S/C14H13N3OS/c1-9-4-3-5-11(10(9)2)15-13(18)12-8-17-6-7-19-14(17)16-12/h3-8H,1-2H3,(H,15,18). The highest BCUT2D eigenvalue weighted by Crippen LogP contribution is 2.19. The summed E-state index contributed by atoms with van der Waals surface area (Å²) in [6, 6.07) is 5.86. The van der Waals surface area contributed by atoms with Gasteiger partial charge in [0.15, 0.2) is 4.96 Å². The van der Waals surface area contributed by atoms with Crippen molar-refractivity contribution in [3.8, 4) is 0 Å². The average molecular weight is 271 g/mol. The zero-order valence-corrected chi connectivity index (χ0v) is 11.5. The van der Waals surface area contributed by atoms with E-state index in [1.165, 1.54) is 11.3 Å². The number of thiazole rings is 1. The van der Waals surface area contributed by atoms with Crippen molar-refractivity contribution in [2.45, 2.75) is 13.8 Å². The molecule has 0 saturated heterocycles. The Balaban J connectivity index is 1.89. The Hall–Kier alpha value is -2.14. The van der Waals surface area contributed by atoms with Crippen molar-refractivity contribution < 1.29 is 4.79 Å². The summed E-state index contributed by atoms with van der Waals surface area (Å²) in [4.78, 5) is 17.3. The highest BCUT2D eigenvalue weighted by molar-refractivity contribution is 7.15. The molecule has 1 N–H and O–H groups in total. The van der Waals surface area contributed by atoms with Crippen molar-refractivity contribution in [2.24, 2.45) is 0 Å². The van der Waals surface area contributed by atoms with Crippen LogP contribution in [0, 0.1) is 13.8 Å². The van der Waals surface area contributed by atoms with Gasteiger partial charge >= 0.3 is 0 Å². The molecule has 5 heteroatoms. The Morgan fingerprint density at radius 1 is 1.37 bits per heavy atom. The molecule has 0 unspecified atom stereocenters. The van der Waals surface area contributed by atoms with E-state index in [1.54, 1.807) is 6.20 Å². The number of hydrogen-bond donors (Lipinski definition) is 1. The molecule has 4 nitrogen and oxygen atoms in total. The van der Waals surface area contributed by atoms with Crippen LogP contribution in [0.4, 0.5) is 5.69 Å². The van der Waals surface area contributed by atoms with Crippen molar-refractivity contribution >= 4 is 27.9 Å². The number of carbonyl (C=O) groups excluding carboxylic acids is 1. The number of amides is 1. The highest BCUT2D eigenvalue weighted by Gasteiger charge is 2.12. The number of carbonyl (C=O) groups is 1. The summed E-state index contributed by atoms with van der Waals surface area (Å²) in [5.41, 5.74) is 3.51. The Morgan fingerprint density at radius 3 is 3.00 bits per heavy atom. The molecular weight excluding hydrogens is 258 g/mol. The van der Waals surface area contributed by atoms with E-state index in [2.05, 4.69) is 10.3 Å². The minimum atomic E-state index is -0.176. The molecule has 0 bridgehead atoms. The number of hydrogen-bond acceptors (Lipinski definition) is 3. The number of nitrogens with zero attached hydrogens (tertiary/aromatic N) is 2. The lowest BCUT2D eigenvalue weighted by molar-refractivity contribution is 0.102. The predicted molar refractivity (Wildman–Crippen MR) is 76.9 cm³/mol. The van der Waals surface area contributed by atoms with Crippen LogP contribution in [-0.4, -0.2) is 15.3 Å². The molecule has 2 aromatic heterocycles. The van der Waals surface area contributed by atoms with Crippen LogP contribution in [0.5, 0.6) is 0 Å². The summed E-state index contributed by atoms with van der Waals surface area (Å²) in [5, 5.41) is 4.85. The summed E-state index contributed by atoms with van der Waals surface area (Å²) in [6.45, 7) is 4.02. The molecule has 0 aliphatic rings. The summed E-state index contributed by atoms with van der Waals surface area (Å²) in [5.74, 6) is -0.176. The lowest BCUT2D eigenvalue weighted by Gasteiger charge is -2.08. The first kappa shape index (κ1) is 11.9. The third-order valence-corrected chi connectivity index (χ3v) is 3.95. The Bertz CT molecular complexity index is 728. The molecule has 0 aliphatic heterocycles. The van der Waals surface area contributed by atoms with Crippen molar-refractivity contribution in [1.82, 2.24) is 9.38 Å². The first-order valence-electron chi connectivity index (χ1n) is 5.95. The molecule has 0 fully saturated rings. The van der Waals surface area contributed by atoms with Crippen LogP contribution < -0.4 is 5.32 Å². The van der Waals surface area contributed by atoms with Gasteiger partial charge in [0.1, 0.15) is 5.69 Å². The summed E-state index contributed by atoms with van der Waals surface area (Å²) in [7, 11) is 0. The second-order valence-electron chi connectivity index (χ2n) is 4.42. The van der Waals surface area contributed by atoms with E-state index in [4.69, 9.17) is 0 Å². The van der Waals surface area contributed by atoms with Gasteiger partial charge in [-0.1, -0.05) is 12.1 Å². The minimum Gasteiger partial charge on any atom is -0.320 e. The van der Waals surface area contributed by atoms with Crippen molar-refractivity contribution in [1.29, 1.82) is 0 Å². The van der Waals surface area contributed by atoms with Crippen LogP contribution in [0.15, 0.2) is 36.0 Å². The van der Waals surface area contributed by atoms with E-state index in [1.807, 2.05) is 48.0 Å². The second-order valence-corrected chi connectivity index (χ2v) is 5.29. The maximum Gasteiger partial charge on any atom is 0.275 e. The number of anilines is 1. The molecule has 1 amide bonds. The molecule has 1 aromatic carbocycles. The van der Waals surface area contributed by atoms with Gasteiger partial charge in [0.05, 0.1) is 0 Å². The van der Waals surface area contributed by atoms with Crippen LogP contribution in [-0.2, 0) is 0 Å². The molecule has 0 saturated carbocycles. The molecule has 0 radical (unpaired) electrons. The molecule has 0 spiro atoms. The van der Waals surface area contributed by atoms with E-state index < -0.39 is 0 Å². The van der Waals surface area contributed by atoms with Gasteiger partial charge in [-0.05, 0) is 31.0 Å². The van der Waals surface area contributed by atoms with Crippen LogP contribution in [0.1, 0.15) is 21.6 Å².